The highest BCUT2D eigenvalue weighted by molar-refractivity contribution is 5.94. The number of carbonyl (C=O) groups is 4. The van der Waals surface area contributed by atoms with Crippen LogP contribution < -0.4 is 20.7 Å². The summed E-state index contributed by atoms with van der Waals surface area (Å²) in [6.07, 6.45) is 2.06. The van der Waals surface area contributed by atoms with E-state index >= 15 is 0 Å². The fraction of sp³-hybridized carbons (Fsp3) is 0.448. The monoisotopic (exact) mass is 520 g/mol. The Labute approximate surface area is 223 Å². The highest BCUT2D eigenvalue weighted by Crippen LogP contribution is 2.23. The average molecular weight is 521 g/mol. The number of piperidine rings is 1. The summed E-state index contributed by atoms with van der Waals surface area (Å²) in [5.41, 5.74) is 2.99. The van der Waals surface area contributed by atoms with E-state index in [-0.39, 0.29) is 30.9 Å². The molecular weight excluding hydrogens is 484 g/mol. The number of ether oxygens (including phenoxy) is 1. The third kappa shape index (κ3) is 7.34. The number of hydrogen-bond donors (Lipinski definition) is 3. The Morgan fingerprint density at radius 2 is 1.79 bits per heavy atom. The van der Waals surface area contributed by atoms with Gasteiger partial charge in [-0.15, -0.1) is 0 Å². The zero-order chi connectivity index (χ0) is 27.1. The fourth-order valence-electron chi connectivity index (χ4n) is 4.89. The number of benzene rings is 2. The molecule has 3 N–H and O–H groups in total. The predicted molar refractivity (Wildman–Crippen MR) is 142 cm³/mol. The predicted octanol–water partition coefficient (Wildman–Crippen LogP) is 2.01. The highest BCUT2D eigenvalue weighted by Gasteiger charge is 2.31. The smallest absolute Gasteiger partial charge is 0.243 e. The maximum absolute atomic E-state index is 13.3. The van der Waals surface area contributed by atoms with Crippen molar-refractivity contribution in [1.29, 1.82) is 0 Å². The van der Waals surface area contributed by atoms with Gasteiger partial charge in [0.05, 0.1) is 6.42 Å². The van der Waals surface area contributed by atoms with Crippen LogP contribution in [0.15, 0.2) is 48.5 Å². The van der Waals surface area contributed by atoms with Crippen molar-refractivity contribution in [2.45, 2.75) is 70.7 Å². The molecule has 9 heteroatoms. The minimum absolute atomic E-state index is 0.0308. The molecule has 5 rings (SSSR count). The number of nitrogens with zero attached hydrogens (tertiary/aromatic N) is 1. The van der Waals surface area contributed by atoms with Gasteiger partial charge in [0.15, 0.2) is 0 Å². The zero-order valence-electron chi connectivity index (χ0n) is 22.0. The average Bonchev–Trinajstić information content (AvgIpc) is 2.91. The van der Waals surface area contributed by atoms with E-state index in [1.807, 2.05) is 55.5 Å². The molecule has 202 valence electrons. The molecule has 0 radical (unpaired) electrons. The minimum atomic E-state index is -1.08. The molecule has 0 unspecified atom stereocenters. The topological polar surface area (TPSA) is 117 Å². The summed E-state index contributed by atoms with van der Waals surface area (Å²) in [6.45, 7) is 4.59. The molecule has 3 aliphatic heterocycles. The van der Waals surface area contributed by atoms with Gasteiger partial charge in [0, 0.05) is 39.4 Å². The van der Waals surface area contributed by atoms with Crippen LogP contribution in [0.25, 0.3) is 0 Å². The molecule has 1 saturated heterocycles. The van der Waals surface area contributed by atoms with E-state index in [1.165, 1.54) is 6.92 Å². The molecule has 3 heterocycles. The van der Waals surface area contributed by atoms with Crippen LogP contribution in [0.3, 0.4) is 0 Å². The van der Waals surface area contributed by atoms with E-state index in [0.29, 0.717) is 38.8 Å². The van der Waals surface area contributed by atoms with E-state index in [1.54, 1.807) is 4.90 Å². The summed E-state index contributed by atoms with van der Waals surface area (Å²) in [5, 5.41) is 8.37. The molecule has 2 aromatic carbocycles. The lowest BCUT2D eigenvalue weighted by Gasteiger charge is -2.33. The minimum Gasteiger partial charge on any atom is -0.490 e. The first-order valence-corrected chi connectivity index (χ1v) is 13.2. The van der Waals surface area contributed by atoms with Crippen molar-refractivity contribution in [3.63, 3.8) is 0 Å². The van der Waals surface area contributed by atoms with Gasteiger partial charge in [0.25, 0.3) is 0 Å². The van der Waals surface area contributed by atoms with Crippen molar-refractivity contribution in [1.82, 2.24) is 20.9 Å². The van der Waals surface area contributed by atoms with E-state index < -0.39 is 23.9 Å². The van der Waals surface area contributed by atoms with E-state index in [9.17, 15) is 19.2 Å². The van der Waals surface area contributed by atoms with Crippen LogP contribution in [-0.4, -0.2) is 59.8 Å². The Kier molecular flexibility index (Phi) is 8.99. The SMILES string of the molecule is CC(=O)N[C@H]1CC(=O)N2CCC(CC2)Oc2ccc(C)c(c2)CNC(=O)[C@H](CCc2ccccc2)NC1=O. The number of rotatable bonds is 4. The second-order valence-corrected chi connectivity index (χ2v) is 10.0. The third-order valence-electron chi connectivity index (χ3n) is 7.14. The second-order valence-electron chi connectivity index (χ2n) is 10.0. The van der Waals surface area contributed by atoms with Crippen molar-refractivity contribution in [2.24, 2.45) is 0 Å². The Morgan fingerprint density at radius 3 is 2.50 bits per heavy atom. The van der Waals surface area contributed by atoms with Gasteiger partial charge in [-0.2, -0.15) is 0 Å². The molecule has 2 atom stereocenters. The van der Waals surface area contributed by atoms with Crippen molar-refractivity contribution in [2.75, 3.05) is 13.1 Å². The van der Waals surface area contributed by atoms with Crippen molar-refractivity contribution < 1.29 is 23.9 Å². The number of fused-ring (bicyclic) bond motifs is 10. The first kappa shape index (κ1) is 27.2. The Bertz CT molecular complexity index is 1160. The molecule has 0 spiro atoms. The van der Waals surface area contributed by atoms with Crippen LogP contribution in [0.5, 0.6) is 5.75 Å². The molecule has 0 aliphatic carbocycles. The third-order valence-corrected chi connectivity index (χ3v) is 7.14. The van der Waals surface area contributed by atoms with Crippen molar-refractivity contribution in [3.05, 3.63) is 65.2 Å². The molecule has 3 aliphatic rings. The summed E-state index contributed by atoms with van der Waals surface area (Å²) >= 11 is 0. The molecule has 0 saturated carbocycles. The summed E-state index contributed by atoms with van der Waals surface area (Å²) < 4.78 is 6.21. The maximum Gasteiger partial charge on any atom is 0.243 e. The van der Waals surface area contributed by atoms with E-state index in [4.69, 9.17) is 4.74 Å². The normalized spacial score (nSPS) is 22.6. The highest BCUT2D eigenvalue weighted by atomic mass is 16.5. The van der Waals surface area contributed by atoms with Crippen LogP contribution in [0.4, 0.5) is 0 Å². The summed E-state index contributed by atoms with van der Waals surface area (Å²) in [4.78, 5) is 53.3. The van der Waals surface area contributed by atoms with Gasteiger partial charge >= 0.3 is 0 Å². The first-order valence-electron chi connectivity index (χ1n) is 13.2. The van der Waals surface area contributed by atoms with Gasteiger partial charge in [-0.1, -0.05) is 36.4 Å². The lowest BCUT2D eigenvalue weighted by molar-refractivity contribution is -0.138. The van der Waals surface area contributed by atoms with Crippen molar-refractivity contribution in [3.8, 4) is 5.75 Å². The number of aryl methyl sites for hydroxylation is 2. The Morgan fingerprint density at radius 1 is 1.05 bits per heavy atom. The van der Waals surface area contributed by atoms with Gasteiger partial charge < -0.3 is 25.6 Å². The van der Waals surface area contributed by atoms with Crippen LogP contribution in [0.1, 0.15) is 49.3 Å². The lowest BCUT2D eigenvalue weighted by atomic mass is 10.0. The van der Waals surface area contributed by atoms with Crippen LogP contribution in [0, 0.1) is 6.92 Å². The number of nitrogens with one attached hydrogen (secondary N) is 3. The lowest BCUT2D eigenvalue weighted by Crippen LogP contribution is -2.55. The number of hydrogen-bond acceptors (Lipinski definition) is 5. The fourth-order valence-corrected chi connectivity index (χ4v) is 4.89. The van der Waals surface area contributed by atoms with Crippen LogP contribution in [-0.2, 0) is 32.1 Å². The molecule has 9 nitrogen and oxygen atoms in total. The van der Waals surface area contributed by atoms with E-state index in [0.717, 1.165) is 22.4 Å². The standard InChI is InChI=1S/C29H36N4O5/c1-19-8-10-24-16-22(19)18-30-28(36)25(11-9-21-6-4-3-5-7-21)32-29(37)26(31-20(2)34)17-27(35)33-14-12-23(38-24)13-15-33/h3-8,10,16,23,25-26H,9,11-15,17-18H2,1-2H3,(H,30,36)(H,31,34)(H,32,37)/t25-,26-/m0/s1. The first-order chi connectivity index (χ1) is 18.3. The molecule has 1 fully saturated rings. The van der Waals surface area contributed by atoms with E-state index in [2.05, 4.69) is 16.0 Å². The van der Waals surface area contributed by atoms with Crippen molar-refractivity contribution >= 4 is 23.6 Å². The van der Waals surface area contributed by atoms with Crippen LogP contribution >= 0.6 is 0 Å². The largest absolute Gasteiger partial charge is 0.490 e. The second kappa shape index (κ2) is 12.6. The van der Waals surface area contributed by atoms with Crippen LogP contribution in [0.2, 0.25) is 0 Å². The van der Waals surface area contributed by atoms with Gasteiger partial charge in [-0.25, -0.2) is 0 Å². The molecule has 38 heavy (non-hydrogen) atoms. The molecule has 0 aromatic heterocycles. The molecule has 4 amide bonds. The van der Waals surface area contributed by atoms with Gasteiger partial charge in [0.1, 0.15) is 23.9 Å². The van der Waals surface area contributed by atoms with Gasteiger partial charge in [-0.3, -0.25) is 19.2 Å². The van der Waals surface area contributed by atoms with Gasteiger partial charge in [-0.05, 0) is 48.6 Å². The van der Waals surface area contributed by atoms with Gasteiger partial charge in [0.2, 0.25) is 23.6 Å². The quantitative estimate of drug-likeness (QED) is 0.570. The zero-order valence-corrected chi connectivity index (χ0v) is 22.0. The number of amides is 4. The Hall–Kier alpha value is -3.88. The Balaban J connectivity index is 1.60. The summed E-state index contributed by atoms with van der Waals surface area (Å²) in [5.74, 6) is -0.794. The molecular formula is C29H36N4O5. The summed E-state index contributed by atoms with van der Waals surface area (Å²) in [6, 6.07) is 13.6. The molecule has 2 aromatic rings. The number of carbonyl (C=O) groups excluding carboxylic acids is 4. The summed E-state index contributed by atoms with van der Waals surface area (Å²) in [7, 11) is 0. The molecule has 4 bridgehead atoms. The maximum atomic E-state index is 13.3.